The van der Waals surface area contributed by atoms with Gasteiger partial charge in [-0.1, -0.05) is 6.08 Å². The van der Waals surface area contributed by atoms with Crippen LogP contribution in [0.4, 0.5) is 0 Å². The van der Waals surface area contributed by atoms with E-state index in [-0.39, 0.29) is 35.7 Å². The van der Waals surface area contributed by atoms with Gasteiger partial charge in [0.25, 0.3) is 0 Å². The van der Waals surface area contributed by atoms with E-state index in [2.05, 4.69) is 10.6 Å². The zero-order chi connectivity index (χ0) is 20.9. The number of aliphatic hydroxyl groups is 1. The number of aliphatic hydroxyl groups excluding tert-OH is 1. The van der Waals surface area contributed by atoms with Crippen LogP contribution in [-0.4, -0.2) is 55.9 Å². The topological polar surface area (TPSA) is 117 Å². The molecule has 0 aliphatic heterocycles. The van der Waals surface area contributed by atoms with Gasteiger partial charge < -0.3 is 30.3 Å². The fourth-order valence-corrected chi connectivity index (χ4v) is 2.27. The van der Waals surface area contributed by atoms with Crippen LogP contribution in [0.15, 0.2) is 29.9 Å². The van der Waals surface area contributed by atoms with Gasteiger partial charge in [-0.25, -0.2) is 0 Å². The lowest BCUT2D eigenvalue weighted by Crippen LogP contribution is -2.27. The van der Waals surface area contributed by atoms with E-state index in [4.69, 9.17) is 14.6 Å². The maximum atomic E-state index is 11.9. The van der Waals surface area contributed by atoms with Gasteiger partial charge in [-0.3, -0.25) is 9.59 Å². The van der Waals surface area contributed by atoms with Gasteiger partial charge in [0.2, 0.25) is 17.6 Å². The van der Waals surface area contributed by atoms with Crippen molar-refractivity contribution in [2.75, 3.05) is 33.9 Å². The monoisotopic (exact) mass is 392 g/mol. The van der Waals surface area contributed by atoms with Crippen LogP contribution in [0.25, 0.3) is 6.08 Å². The summed E-state index contributed by atoms with van der Waals surface area (Å²) in [5.41, 5.74) is 1.12. The second-order valence-electron chi connectivity index (χ2n) is 5.93. The van der Waals surface area contributed by atoms with Crippen molar-refractivity contribution in [2.24, 2.45) is 0 Å². The third-order valence-electron chi connectivity index (χ3n) is 3.87. The highest BCUT2D eigenvalue weighted by Gasteiger charge is 2.10. The molecule has 8 heteroatoms. The molecule has 0 spiro atoms. The Morgan fingerprint density at radius 2 is 1.64 bits per heavy atom. The van der Waals surface area contributed by atoms with Crippen molar-refractivity contribution >= 4 is 17.9 Å². The largest absolute Gasteiger partial charge is 0.502 e. The molecule has 0 saturated carbocycles. The fourth-order valence-electron chi connectivity index (χ4n) is 2.27. The van der Waals surface area contributed by atoms with Crippen molar-refractivity contribution in [1.82, 2.24) is 10.6 Å². The number of nitrogens with one attached hydrogen (secondary N) is 2. The molecule has 0 radical (unpaired) electrons. The summed E-state index contributed by atoms with van der Waals surface area (Å²) >= 11 is 0. The molecule has 0 atom stereocenters. The summed E-state index contributed by atoms with van der Waals surface area (Å²) in [6.45, 7) is 2.45. The molecule has 8 nitrogen and oxygen atoms in total. The summed E-state index contributed by atoms with van der Waals surface area (Å²) in [6.07, 6.45) is 5.85. The number of amides is 2. The van der Waals surface area contributed by atoms with E-state index in [0.717, 1.165) is 0 Å². The number of benzene rings is 1. The van der Waals surface area contributed by atoms with Crippen molar-refractivity contribution in [2.45, 2.75) is 19.8 Å². The molecule has 0 bridgehead atoms. The molecule has 2 amide bonds. The molecule has 0 aromatic heterocycles. The number of carbonyl (C=O) groups excluding carboxylic acids is 2. The molecule has 0 saturated heterocycles. The van der Waals surface area contributed by atoms with Crippen LogP contribution in [0.3, 0.4) is 0 Å². The molecule has 0 unspecified atom stereocenters. The number of methoxy groups -OCH3 is 2. The molecule has 154 valence electrons. The van der Waals surface area contributed by atoms with Gasteiger partial charge >= 0.3 is 0 Å². The average molecular weight is 392 g/mol. The average Bonchev–Trinajstić information content (AvgIpc) is 2.69. The molecule has 4 N–H and O–H groups in total. The van der Waals surface area contributed by atoms with Crippen molar-refractivity contribution in [1.29, 1.82) is 0 Å². The number of unbranched alkanes of at least 4 members (excludes halogenated alkanes) is 1. The quantitative estimate of drug-likeness (QED) is 0.334. The molecular formula is C20H28N2O6. The van der Waals surface area contributed by atoms with Crippen LogP contribution >= 0.6 is 0 Å². The third-order valence-corrected chi connectivity index (χ3v) is 3.87. The highest BCUT2D eigenvalue weighted by Crippen LogP contribution is 2.37. The molecule has 1 aromatic rings. The predicted molar refractivity (Wildman–Crippen MR) is 106 cm³/mol. The summed E-state index contributed by atoms with van der Waals surface area (Å²) in [6, 6.07) is 3.19. The van der Waals surface area contributed by atoms with E-state index in [1.807, 2.05) is 0 Å². The second kappa shape index (κ2) is 12.4. The fraction of sp³-hybridized carbons (Fsp3) is 0.400. The van der Waals surface area contributed by atoms with Gasteiger partial charge in [0.15, 0.2) is 11.5 Å². The molecule has 28 heavy (non-hydrogen) atoms. The van der Waals surface area contributed by atoms with Crippen molar-refractivity contribution in [3.63, 3.8) is 0 Å². The van der Waals surface area contributed by atoms with Crippen LogP contribution in [0, 0.1) is 0 Å². The minimum atomic E-state index is -0.253. The Hall–Kier alpha value is -3.00. The zero-order valence-corrected chi connectivity index (χ0v) is 16.4. The summed E-state index contributed by atoms with van der Waals surface area (Å²) in [7, 11) is 2.86. The summed E-state index contributed by atoms with van der Waals surface area (Å²) in [4.78, 5) is 23.5. The Labute approximate surface area is 164 Å². The Kier molecular flexibility index (Phi) is 10.2. The van der Waals surface area contributed by atoms with Gasteiger partial charge in [-0.15, -0.1) is 0 Å². The lowest BCUT2D eigenvalue weighted by atomic mass is 10.1. The minimum Gasteiger partial charge on any atom is -0.502 e. The van der Waals surface area contributed by atoms with Crippen molar-refractivity contribution < 1.29 is 29.3 Å². The Balaban J connectivity index is 2.37. The first-order chi connectivity index (χ1) is 13.4. The SMILES string of the molecule is COc1cc(/C=C/C(=O)NCCCCNC(=O)/C(C)=C/CO)cc(OC)c1O. The standard InChI is InChI=1S/C20H28N2O6/c1-14(8-11-23)20(26)22-10-5-4-9-21-18(24)7-6-15-12-16(27-2)19(25)17(13-15)28-3/h6-8,12-13,23,25H,4-5,9-11H2,1-3H3,(H,21,24)(H,22,26)/b7-6+,14-8+. The first-order valence-corrected chi connectivity index (χ1v) is 8.89. The van der Waals surface area contributed by atoms with E-state index in [9.17, 15) is 14.7 Å². The summed E-state index contributed by atoms with van der Waals surface area (Å²) in [5.74, 6) is -0.0469. The number of carbonyl (C=O) groups is 2. The van der Waals surface area contributed by atoms with Gasteiger partial charge in [0, 0.05) is 24.7 Å². The van der Waals surface area contributed by atoms with E-state index < -0.39 is 0 Å². The Morgan fingerprint density at radius 3 is 2.18 bits per heavy atom. The number of phenols is 1. The number of rotatable bonds is 11. The zero-order valence-electron chi connectivity index (χ0n) is 16.4. The van der Waals surface area contributed by atoms with Crippen LogP contribution in [0.1, 0.15) is 25.3 Å². The predicted octanol–water partition coefficient (Wildman–Crippen LogP) is 1.37. The molecule has 0 aliphatic carbocycles. The normalized spacial score (nSPS) is 11.4. The summed E-state index contributed by atoms with van der Waals surface area (Å²) < 4.78 is 10.1. The second-order valence-corrected chi connectivity index (χ2v) is 5.93. The van der Waals surface area contributed by atoms with E-state index >= 15 is 0 Å². The molecule has 1 rings (SSSR count). The van der Waals surface area contributed by atoms with Gasteiger partial charge in [0.1, 0.15) is 0 Å². The summed E-state index contributed by atoms with van der Waals surface area (Å²) in [5, 5.41) is 24.1. The number of phenolic OH excluding ortho intramolecular Hbond substituents is 1. The smallest absolute Gasteiger partial charge is 0.246 e. The maximum Gasteiger partial charge on any atom is 0.246 e. The third kappa shape index (κ3) is 7.71. The van der Waals surface area contributed by atoms with Crippen LogP contribution in [0.5, 0.6) is 17.2 Å². The number of hydrogen-bond donors (Lipinski definition) is 4. The van der Waals surface area contributed by atoms with E-state index in [1.54, 1.807) is 25.1 Å². The highest BCUT2D eigenvalue weighted by atomic mass is 16.5. The molecule has 0 aliphatic rings. The number of ether oxygens (including phenoxy) is 2. The number of hydrogen-bond acceptors (Lipinski definition) is 6. The van der Waals surface area contributed by atoms with Crippen molar-refractivity contribution in [3.05, 3.63) is 35.4 Å². The van der Waals surface area contributed by atoms with Crippen LogP contribution in [0.2, 0.25) is 0 Å². The van der Waals surface area contributed by atoms with Gasteiger partial charge in [0.05, 0.1) is 20.8 Å². The van der Waals surface area contributed by atoms with Crippen LogP contribution in [-0.2, 0) is 9.59 Å². The Morgan fingerprint density at radius 1 is 1.07 bits per heavy atom. The van der Waals surface area contributed by atoms with E-state index in [1.165, 1.54) is 26.4 Å². The molecule has 1 aromatic carbocycles. The minimum absolute atomic E-state index is 0.0965. The number of aromatic hydroxyl groups is 1. The van der Waals surface area contributed by atoms with Crippen LogP contribution < -0.4 is 20.1 Å². The molecule has 0 fully saturated rings. The lowest BCUT2D eigenvalue weighted by Gasteiger charge is -2.09. The lowest BCUT2D eigenvalue weighted by molar-refractivity contribution is -0.118. The van der Waals surface area contributed by atoms with Gasteiger partial charge in [-0.2, -0.15) is 0 Å². The van der Waals surface area contributed by atoms with E-state index in [0.29, 0.717) is 37.1 Å². The Bertz CT molecular complexity index is 702. The molecular weight excluding hydrogens is 364 g/mol. The molecule has 0 heterocycles. The van der Waals surface area contributed by atoms with Gasteiger partial charge in [-0.05, 0) is 43.5 Å². The maximum absolute atomic E-state index is 11.9. The highest BCUT2D eigenvalue weighted by molar-refractivity contribution is 5.92. The first-order valence-electron chi connectivity index (χ1n) is 8.89. The van der Waals surface area contributed by atoms with Crippen molar-refractivity contribution in [3.8, 4) is 17.2 Å². The first kappa shape index (κ1) is 23.0.